The molecule has 3 aromatic rings. The fourth-order valence-electron chi connectivity index (χ4n) is 3.12. The fourth-order valence-corrected chi connectivity index (χ4v) is 3.12. The van der Waals surface area contributed by atoms with Crippen LogP contribution >= 0.6 is 0 Å². The topological polar surface area (TPSA) is 88.7 Å². The third kappa shape index (κ3) is 5.12. The molecule has 0 bridgehead atoms. The maximum absolute atomic E-state index is 12.2. The van der Waals surface area contributed by atoms with Crippen molar-refractivity contribution in [3.8, 4) is 22.9 Å². The van der Waals surface area contributed by atoms with Crippen LogP contribution < -0.4 is 9.47 Å². The lowest BCUT2D eigenvalue weighted by atomic mass is 10.0. The van der Waals surface area contributed by atoms with E-state index in [-0.39, 0.29) is 30.3 Å². The third-order valence-electron chi connectivity index (χ3n) is 4.57. The van der Waals surface area contributed by atoms with E-state index < -0.39 is 11.3 Å². The Morgan fingerprint density at radius 3 is 2.39 bits per heavy atom. The molecule has 0 amide bonds. The molecule has 2 heterocycles. The average Bonchev–Trinajstić information content (AvgIpc) is 3.16. The van der Waals surface area contributed by atoms with Gasteiger partial charge in [0.1, 0.15) is 24.7 Å². The number of ether oxygens (including phenoxy) is 3. The van der Waals surface area contributed by atoms with Crippen LogP contribution in [0.2, 0.25) is 0 Å². The van der Waals surface area contributed by atoms with Gasteiger partial charge in [-0.25, -0.2) is 0 Å². The van der Waals surface area contributed by atoms with E-state index >= 15 is 0 Å². The van der Waals surface area contributed by atoms with Crippen molar-refractivity contribution in [2.75, 3.05) is 6.61 Å². The van der Waals surface area contributed by atoms with E-state index in [9.17, 15) is 23.3 Å². The second kappa shape index (κ2) is 8.26. The van der Waals surface area contributed by atoms with E-state index in [0.717, 1.165) is 16.7 Å². The molecule has 162 valence electrons. The molecule has 1 aromatic heterocycles. The summed E-state index contributed by atoms with van der Waals surface area (Å²) < 4.78 is 53.4. The van der Waals surface area contributed by atoms with Gasteiger partial charge in [-0.1, -0.05) is 36.4 Å². The Labute approximate surface area is 173 Å². The van der Waals surface area contributed by atoms with E-state index in [1.807, 2.05) is 24.3 Å². The quantitative estimate of drug-likeness (QED) is 0.423. The van der Waals surface area contributed by atoms with Gasteiger partial charge in [-0.05, 0) is 33.7 Å². The van der Waals surface area contributed by atoms with Gasteiger partial charge in [0, 0.05) is 4.98 Å². The summed E-state index contributed by atoms with van der Waals surface area (Å²) in [5, 5.41) is 10.8. The number of imidazole rings is 1. The summed E-state index contributed by atoms with van der Waals surface area (Å²) in [6.07, 6.45) is -3.70. The average molecular weight is 435 g/mol. The minimum Gasteiger partial charge on any atom is -0.443 e. The number of hydrogen-bond acceptors (Lipinski definition) is 6. The molecule has 0 saturated carbocycles. The molecular formula is C20H16F3N3O5. The van der Waals surface area contributed by atoms with E-state index in [4.69, 9.17) is 9.47 Å². The van der Waals surface area contributed by atoms with Crippen LogP contribution in [0.4, 0.5) is 19.0 Å². The first kappa shape index (κ1) is 20.7. The van der Waals surface area contributed by atoms with Crippen molar-refractivity contribution in [2.45, 2.75) is 25.6 Å². The Morgan fingerprint density at radius 2 is 1.77 bits per heavy atom. The van der Waals surface area contributed by atoms with Crippen molar-refractivity contribution in [2.24, 2.45) is 0 Å². The van der Waals surface area contributed by atoms with Crippen molar-refractivity contribution in [1.82, 2.24) is 9.55 Å². The SMILES string of the molecule is O=[N+]([O-])c1cn2c(n1)OC[C@H](OCc1ccc(-c3ccc(OC(F)(F)F)cc3)cc1)C2. The molecule has 8 nitrogen and oxygen atoms in total. The summed E-state index contributed by atoms with van der Waals surface area (Å²) in [6, 6.07) is 13.2. The lowest BCUT2D eigenvalue weighted by Gasteiger charge is -2.22. The van der Waals surface area contributed by atoms with E-state index in [0.29, 0.717) is 13.2 Å². The number of nitro groups is 1. The number of alkyl halides is 3. The molecule has 31 heavy (non-hydrogen) atoms. The van der Waals surface area contributed by atoms with Gasteiger partial charge in [0.2, 0.25) is 0 Å². The summed E-state index contributed by atoms with van der Waals surface area (Å²) >= 11 is 0. The molecule has 4 rings (SSSR count). The van der Waals surface area contributed by atoms with Crippen molar-refractivity contribution in [1.29, 1.82) is 0 Å². The minimum atomic E-state index is -4.72. The highest BCUT2D eigenvalue weighted by Gasteiger charge is 2.31. The molecular weight excluding hydrogens is 419 g/mol. The van der Waals surface area contributed by atoms with Crippen LogP contribution in [-0.2, 0) is 17.9 Å². The Bertz CT molecular complexity index is 1070. The number of nitrogens with zero attached hydrogens (tertiary/aromatic N) is 3. The van der Waals surface area contributed by atoms with Gasteiger partial charge in [0.05, 0.1) is 13.2 Å². The van der Waals surface area contributed by atoms with Crippen LogP contribution in [0.5, 0.6) is 11.8 Å². The second-order valence-corrected chi connectivity index (χ2v) is 6.80. The highest BCUT2D eigenvalue weighted by molar-refractivity contribution is 5.64. The van der Waals surface area contributed by atoms with E-state index in [1.54, 1.807) is 16.7 Å². The summed E-state index contributed by atoms with van der Waals surface area (Å²) in [4.78, 5) is 14.0. The smallest absolute Gasteiger partial charge is 0.443 e. The maximum atomic E-state index is 12.2. The van der Waals surface area contributed by atoms with E-state index in [1.165, 1.54) is 18.3 Å². The monoisotopic (exact) mass is 435 g/mol. The lowest BCUT2D eigenvalue weighted by molar-refractivity contribution is -0.389. The Hall–Kier alpha value is -3.60. The summed E-state index contributed by atoms with van der Waals surface area (Å²) in [5.74, 6) is -0.549. The van der Waals surface area contributed by atoms with Crippen molar-refractivity contribution < 1.29 is 32.3 Å². The van der Waals surface area contributed by atoms with E-state index in [2.05, 4.69) is 9.72 Å². The van der Waals surface area contributed by atoms with Crippen LogP contribution in [-0.4, -0.2) is 33.5 Å². The number of halogens is 3. The first-order chi connectivity index (χ1) is 14.8. The lowest BCUT2D eigenvalue weighted by Crippen LogP contribution is -2.32. The molecule has 2 aromatic carbocycles. The van der Waals surface area contributed by atoms with Gasteiger partial charge in [0.15, 0.2) is 0 Å². The second-order valence-electron chi connectivity index (χ2n) is 6.80. The van der Waals surface area contributed by atoms with Gasteiger partial charge in [0.25, 0.3) is 0 Å². The number of fused-ring (bicyclic) bond motifs is 1. The standard InChI is InChI=1S/C20H16F3N3O5/c21-20(22,23)31-16-7-5-15(6-8-16)14-3-1-13(2-4-14)11-29-17-9-25-10-18(26(27)28)24-19(25)30-12-17/h1-8,10,17H,9,11-12H2/t17-/m1/s1. The molecule has 0 unspecified atom stereocenters. The highest BCUT2D eigenvalue weighted by Crippen LogP contribution is 2.27. The zero-order chi connectivity index (χ0) is 22.0. The third-order valence-corrected chi connectivity index (χ3v) is 4.57. The van der Waals surface area contributed by atoms with Crippen LogP contribution in [0.15, 0.2) is 54.7 Å². The highest BCUT2D eigenvalue weighted by atomic mass is 19.4. The summed E-state index contributed by atoms with van der Waals surface area (Å²) in [7, 11) is 0. The molecule has 0 fully saturated rings. The minimum absolute atomic E-state index is 0.197. The first-order valence-electron chi connectivity index (χ1n) is 9.18. The first-order valence-corrected chi connectivity index (χ1v) is 9.18. The molecule has 0 spiro atoms. The molecule has 11 heteroatoms. The number of benzene rings is 2. The summed E-state index contributed by atoms with van der Waals surface area (Å²) in [5.41, 5.74) is 2.47. The Balaban J connectivity index is 1.33. The largest absolute Gasteiger partial charge is 0.573 e. The van der Waals surface area contributed by atoms with Gasteiger partial charge < -0.3 is 24.3 Å². The fraction of sp³-hybridized carbons (Fsp3) is 0.250. The van der Waals surface area contributed by atoms with Crippen LogP contribution in [0, 0.1) is 10.1 Å². The Kier molecular flexibility index (Phi) is 5.51. The predicted molar refractivity (Wildman–Crippen MR) is 102 cm³/mol. The van der Waals surface area contributed by atoms with Crippen molar-refractivity contribution in [3.05, 3.63) is 70.4 Å². The number of aromatic nitrogens is 2. The molecule has 0 N–H and O–H groups in total. The van der Waals surface area contributed by atoms with Gasteiger partial charge in [-0.3, -0.25) is 4.57 Å². The van der Waals surface area contributed by atoms with Crippen LogP contribution in [0.1, 0.15) is 5.56 Å². The normalized spacial score (nSPS) is 15.8. The molecule has 1 atom stereocenters. The molecule has 1 aliphatic heterocycles. The van der Waals surface area contributed by atoms with Crippen molar-refractivity contribution >= 4 is 5.82 Å². The van der Waals surface area contributed by atoms with Gasteiger partial charge >= 0.3 is 18.2 Å². The van der Waals surface area contributed by atoms with Crippen LogP contribution in [0.3, 0.4) is 0 Å². The number of rotatable bonds is 6. The van der Waals surface area contributed by atoms with Crippen LogP contribution in [0.25, 0.3) is 11.1 Å². The number of hydrogen-bond donors (Lipinski definition) is 0. The zero-order valence-electron chi connectivity index (χ0n) is 15.9. The summed E-state index contributed by atoms with van der Waals surface area (Å²) in [6.45, 7) is 0.929. The zero-order valence-corrected chi connectivity index (χ0v) is 15.9. The molecule has 0 aliphatic carbocycles. The maximum Gasteiger partial charge on any atom is 0.573 e. The van der Waals surface area contributed by atoms with Gasteiger partial charge in [-0.2, -0.15) is 0 Å². The van der Waals surface area contributed by atoms with Crippen molar-refractivity contribution in [3.63, 3.8) is 0 Å². The molecule has 0 radical (unpaired) electrons. The Morgan fingerprint density at radius 1 is 1.13 bits per heavy atom. The van der Waals surface area contributed by atoms with Gasteiger partial charge in [-0.15, -0.1) is 13.2 Å². The predicted octanol–water partition coefficient (Wildman–Crippen LogP) is 4.33. The molecule has 0 saturated heterocycles. The molecule has 1 aliphatic rings.